The van der Waals surface area contributed by atoms with Crippen LogP contribution in [-0.2, 0) is 10.8 Å². The number of benzene rings is 3. The van der Waals surface area contributed by atoms with E-state index < -0.39 is 80.0 Å². The van der Waals surface area contributed by atoms with E-state index >= 15 is 0 Å². The third-order valence-electron chi connectivity index (χ3n) is 8.67. The quantitative estimate of drug-likeness (QED) is 0.225. The molecular formula is C30H22O12. The van der Waals surface area contributed by atoms with Crippen LogP contribution in [0.5, 0.6) is 0 Å². The average Bonchev–Trinajstić information content (AvgIpc) is 2.94. The summed E-state index contributed by atoms with van der Waals surface area (Å²) in [6.07, 6.45) is 0.116. The lowest BCUT2D eigenvalue weighted by Gasteiger charge is -2.57. The van der Waals surface area contributed by atoms with E-state index in [4.69, 9.17) is 0 Å². The van der Waals surface area contributed by atoms with Crippen LogP contribution in [0.25, 0.3) is 0 Å². The van der Waals surface area contributed by atoms with Gasteiger partial charge in [0.15, 0.2) is 0 Å². The van der Waals surface area contributed by atoms with Gasteiger partial charge in [-0.1, -0.05) is 13.8 Å². The van der Waals surface area contributed by atoms with E-state index in [1.807, 2.05) is 0 Å². The normalized spacial score (nSPS) is 19.3. The molecule has 214 valence electrons. The Morgan fingerprint density at radius 2 is 0.548 bits per heavy atom. The molecule has 12 nitrogen and oxygen atoms in total. The van der Waals surface area contributed by atoms with Crippen molar-refractivity contribution in [2.24, 2.45) is 0 Å². The molecule has 42 heavy (non-hydrogen) atoms. The van der Waals surface area contributed by atoms with Crippen LogP contribution in [0.3, 0.4) is 0 Å². The van der Waals surface area contributed by atoms with Gasteiger partial charge in [0.05, 0.1) is 33.4 Å². The van der Waals surface area contributed by atoms with Crippen LogP contribution in [0.15, 0.2) is 36.4 Å². The fourth-order valence-electron chi connectivity index (χ4n) is 6.99. The molecule has 3 aliphatic carbocycles. The summed E-state index contributed by atoms with van der Waals surface area (Å²) in [5.41, 5.74) is -4.72. The van der Waals surface area contributed by atoms with Crippen LogP contribution in [0.4, 0.5) is 0 Å². The molecular weight excluding hydrogens is 552 g/mol. The Morgan fingerprint density at radius 3 is 0.643 bits per heavy atom. The summed E-state index contributed by atoms with van der Waals surface area (Å²) in [5.74, 6) is -9.28. The van der Waals surface area contributed by atoms with Crippen molar-refractivity contribution in [2.75, 3.05) is 0 Å². The molecule has 3 aromatic rings. The highest BCUT2D eigenvalue weighted by Crippen LogP contribution is 2.65. The number of carboxylic acids is 6. The Morgan fingerprint density at radius 1 is 0.405 bits per heavy atom. The van der Waals surface area contributed by atoms with Crippen molar-refractivity contribution < 1.29 is 59.4 Å². The van der Waals surface area contributed by atoms with Gasteiger partial charge in [0.25, 0.3) is 0 Å². The van der Waals surface area contributed by atoms with Gasteiger partial charge in [-0.05, 0) is 82.6 Å². The Balaban J connectivity index is 2.12. The molecule has 0 heterocycles. The number of hydrogen-bond acceptors (Lipinski definition) is 6. The Kier molecular flexibility index (Phi) is 6.00. The van der Waals surface area contributed by atoms with Crippen LogP contribution < -0.4 is 0 Å². The van der Waals surface area contributed by atoms with E-state index in [1.165, 1.54) is 36.4 Å². The van der Waals surface area contributed by atoms with E-state index in [-0.39, 0.29) is 46.2 Å². The standard InChI is InChI=1S/C30H22O12/c1-3-29-17-5-11(23(31)32)14(26(37)38)8-20(17)30(4-2,21-9-15(27(39)40)12(24(33)34)6-18(21)29)22-10-16(28(41)42)13(25(35)36)7-19(22)29/h5-10H,3-4H2,1-2H3,(H,31,32)(H,33,34)(H,35,36)(H,37,38)(H,39,40)(H,41,42). The molecule has 3 aromatic carbocycles. The van der Waals surface area contributed by atoms with Crippen LogP contribution in [0.1, 0.15) is 122 Å². The first-order valence-corrected chi connectivity index (χ1v) is 12.7. The minimum Gasteiger partial charge on any atom is -0.478 e. The number of carbonyl (C=O) groups is 6. The first-order chi connectivity index (χ1) is 19.7. The summed E-state index contributed by atoms with van der Waals surface area (Å²) in [4.78, 5) is 73.4. The van der Waals surface area contributed by atoms with Gasteiger partial charge in [0, 0.05) is 10.8 Å². The van der Waals surface area contributed by atoms with Crippen LogP contribution >= 0.6 is 0 Å². The first-order valence-electron chi connectivity index (χ1n) is 12.7. The topological polar surface area (TPSA) is 224 Å². The minimum absolute atomic E-state index is 0.0578. The van der Waals surface area contributed by atoms with E-state index in [9.17, 15) is 59.4 Å². The molecule has 0 amide bonds. The monoisotopic (exact) mass is 574 g/mol. The SMILES string of the molecule is CCC12c3cc(C(=O)O)c(C(=O)O)cc3C(CC)(c3cc(C(=O)O)c(C(=O)O)cc31)c1cc(C(=O)O)c(C(=O)O)cc12. The molecule has 0 radical (unpaired) electrons. The summed E-state index contributed by atoms with van der Waals surface area (Å²) in [6, 6.07) is 7.07. The summed E-state index contributed by atoms with van der Waals surface area (Å²) < 4.78 is 0. The second-order valence-corrected chi connectivity index (χ2v) is 10.2. The third kappa shape index (κ3) is 3.28. The molecule has 2 bridgehead atoms. The molecule has 0 saturated carbocycles. The lowest BCUT2D eigenvalue weighted by atomic mass is 9.45. The summed E-state index contributed by atoms with van der Waals surface area (Å²) in [5, 5.41) is 59.6. The Hall–Kier alpha value is -5.52. The second-order valence-electron chi connectivity index (χ2n) is 10.2. The zero-order chi connectivity index (χ0) is 31.0. The van der Waals surface area contributed by atoms with Crippen molar-refractivity contribution in [1.82, 2.24) is 0 Å². The first kappa shape index (κ1) is 28.0. The Labute approximate surface area is 236 Å². The predicted molar refractivity (Wildman–Crippen MR) is 141 cm³/mol. The highest BCUT2D eigenvalue weighted by atomic mass is 16.4. The van der Waals surface area contributed by atoms with Crippen LogP contribution in [0, 0.1) is 0 Å². The average molecular weight is 574 g/mol. The number of aromatic carboxylic acids is 6. The summed E-state index contributed by atoms with van der Waals surface area (Å²) in [6.45, 7) is 3.34. The lowest BCUT2D eigenvalue weighted by molar-refractivity contribution is 0.0649. The summed E-state index contributed by atoms with van der Waals surface area (Å²) in [7, 11) is 0. The van der Waals surface area contributed by atoms with Crippen molar-refractivity contribution in [3.05, 3.63) is 103 Å². The second kappa shape index (κ2) is 8.99. The van der Waals surface area contributed by atoms with Crippen molar-refractivity contribution in [2.45, 2.75) is 37.5 Å². The fourth-order valence-corrected chi connectivity index (χ4v) is 6.99. The number of carboxylic acid groups (broad SMARTS) is 6. The number of hydrogen-bond donors (Lipinski definition) is 6. The van der Waals surface area contributed by atoms with E-state index in [0.29, 0.717) is 0 Å². The van der Waals surface area contributed by atoms with Gasteiger partial charge >= 0.3 is 35.8 Å². The zero-order valence-corrected chi connectivity index (χ0v) is 22.0. The smallest absolute Gasteiger partial charge is 0.336 e. The zero-order valence-electron chi connectivity index (χ0n) is 22.0. The molecule has 0 saturated heterocycles. The molecule has 3 aliphatic rings. The molecule has 0 spiro atoms. The maximum Gasteiger partial charge on any atom is 0.336 e. The van der Waals surface area contributed by atoms with Gasteiger partial charge in [-0.2, -0.15) is 0 Å². The maximum atomic E-state index is 12.2. The van der Waals surface area contributed by atoms with Crippen molar-refractivity contribution in [3.63, 3.8) is 0 Å². The van der Waals surface area contributed by atoms with Gasteiger partial charge in [-0.25, -0.2) is 28.8 Å². The molecule has 0 aromatic heterocycles. The molecule has 0 aliphatic heterocycles. The molecule has 6 N–H and O–H groups in total. The van der Waals surface area contributed by atoms with Crippen molar-refractivity contribution in [1.29, 1.82) is 0 Å². The van der Waals surface area contributed by atoms with Gasteiger partial charge < -0.3 is 30.6 Å². The highest BCUT2D eigenvalue weighted by molar-refractivity contribution is 6.06. The molecule has 0 unspecified atom stereocenters. The van der Waals surface area contributed by atoms with E-state index in [0.717, 1.165) is 0 Å². The highest BCUT2D eigenvalue weighted by Gasteiger charge is 2.59. The summed E-state index contributed by atoms with van der Waals surface area (Å²) >= 11 is 0. The molecule has 6 rings (SSSR count). The van der Waals surface area contributed by atoms with Crippen LogP contribution in [0.2, 0.25) is 0 Å². The minimum atomic E-state index is -1.55. The lowest BCUT2D eigenvalue weighted by Crippen LogP contribution is -2.51. The predicted octanol–water partition coefficient (Wildman–Crippen LogP) is 3.99. The van der Waals surface area contributed by atoms with Crippen molar-refractivity contribution in [3.8, 4) is 0 Å². The van der Waals surface area contributed by atoms with E-state index in [1.54, 1.807) is 13.8 Å². The van der Waals surface area contributed by atoms with Gasteiger partial charge in [0.2, 0.25) is 0 Å². The van der Waals surface area contributed by atoms with Crippen molar-refractivity contribution >= 4 is 35.8 Å². The maximum absolute atomic E-state index is 12.2. The molecule has 12 heteroatoms. The third-order valence-corrected chi connectivity index (χ3v) is 8.67. The fraction of sp³-hybridized carbons (Fsp3) is 0.200. The number of rotatable bonds is 8. The van der Waals surface area contributed by atoms with Gasteiger partial charge in [-0.3, -0.25) is 0 Å². The van der Waals surface area contributed by atoms with Crippen LogP contribution in [-0.4, -0.2) is 66.5 Å². The van der Waals surface area contributed by atoms with E-state index in [2.05, 4.69) is 0 Å². The van der Waals surface area contributed by atoms with Gasteiger partial charge in [0.1, 0.15) is 0 Å². The largest absolute Gasteiger partial charge is 0.478 e. The molecule has 0 atom stereocenters. The Bertz CT molecular complexity index is 1500. The molecule has 0 fully saturated rings. The van der Waals surface area contributed by atoms with Gasteiger partial charge in [-0.15, -0.1) is 0 Å².